The molecule has 2 rings (SSSR count). The maximum Gasteiger partial charge on any atom is 0.346 e. The average Bonchev–Trinajstić information content (AvgIpc) is 2.47. The quantitative estimate of drug-likeness (QED) is 0.519. The van der Waals surface area contributed by atoms with Crippen LogP contribution >= 0.6 is 0 Å². The van der Waals surface area contributed by atoms with Crippen LogP contribution in [0.1, 0.15) is 13.8 Å². The largest absolute Gasteiger partial charge is 0.431 e. The van der Waals surface area contributed by atoms with Crippen LogP contribution < -0.4 is 0 Å². The first-order valence-corrected chi connectivity index (χ1v) is 4.29. The summed E-state index contributed by atoms with van der Waals surface area (Å²) < 4.78 is 15.1. The van der Waals surface area contributed by atoms with E-state index in [2.05, 4.69) is 4.74 Å². The molecule has 2 heterocycles. The number of hydrogen-bond acceptors (Lipinski definition) is 6. The number of fused-ring (bicyclic) bond motifs is 1. The summed E-state index contributed by atoms with van der Waals surface area (Å²) in [6, 6.07) is 0. The molecule has 6 nitrogen and oxygen atoms in total. The molecule has 2 N–H and O–H groups in total. The summed E-state index contributed by atoms with van der Waals surface area (Å²) in [5.74, 6) is -1.79. The normalized spacial score (nSPS) is 45.0. The Hall–Kier alpha value is -0.690. The van der Waals surface area contributed by atoms with Crippen molar-refractivity contribution < 1.29 is 29.2 Å². The summed E-state index contributed by atoms with van der Waals surface area (Å²) in [5, 5.41) is 18.5. The third-order valence-electron chi connectivity index (χ3n) is 2.37. The maximum atomic E-state index is 11.4. The highest BCUT2D eigenvalue weighted by Crippen LogP contribution is 2.42. The summed E-state index contributed by atoms with van der Waals surface area (Å²) in [6.07, 6.45) is -2.34. The monoisotopic (exact) mass is 204 g/mol. The number of aliphatic hydroxyl groups excluding tert-OH is 2. The van der Waals surface area contributed by atoms with Crippen LogP contribution in [0.25, 0.3) is 0 Å². The zero-order valence-corrected chi connectivity index (χ0v) is 7.89. The molecule has 0 saturated carbocycles. The van der Waals surface area contributed by atoms with Gasteiger partial charge in [-0.3, -0.25) is 0 Å². The van der Waals surface area contributed by atoms with Crippen molar-refractivity contribution in [2.24, 2.45) is 0 Å². The number of carbonyl (C=O) groups is 1. The van der Waals surface area contributed by atoms with Gasteiger partial charge in [-0.1, -0.05) is 0 Å². The minimum absolute atomic E-state index is 0.572. The standard InChI is InChI=1S/C8H12O6/c1-7(2)13-4-5(10)12-6(11)8(4,3-9)14-7/h4-5,9-10H,3H2,1-2H3/t4-,5?,8-/m1/s1. The maximum absolute atomic E-state index is 11.4. The molecule has 3 atom stereocenters. The molecule has 80 valence electrons. The van der Waals surface area contributed by atoms with E-state index in [-0.39, 0.29) is 0 Å². The first-order valence-electron chi connectivity index (χ1n) is 4.29. The van der Waals surface area contributed by atoms with Crippen LogP contribution in [0.2, 0.25) is 0 Å². The molecule has 0 aliphatic carbocycles. The van der Waals surface area contributed by atoms with Gasteiger partial charge in [-0.2, -0.15) is 0 Å². The number of rotatable bonds is 1. The van der Waals surface area contributed by atoms with Crippen molar-refractivity contribution in [1.29, 1.82) is 0 Å². The van der Waals surface area contributed by atoms with Crippen LogP contribution in [0.4, 0.5) is 0 Å². The molecule has 2 aliphatic heterocycles. The van der Waals surface area contributed by atoms with Gasteiger partial charge in [0.05, 0.1) is 6.61 Å². The third kappa shape index (κ3) is 1.08. The number of aliphatic hydroxyl groups is 2. The van der Waals surface area contributed by atoms with E-state index >= 15 is 0 Å². The number of esters is 1. The highest BCUT2D eigenvalue weighted by Gasteiger charge is 2.67. The van der Waals surface area contributed by atoms with Gasteiger partial charge in [0.25, 0.3) is 0 Å². The van der Waals surface area contributed by atoms with Gasteiger partial charge in [-0.15, -0.1) is 0 Å². The molecule has 6 heteroatoms. The minimum Gasteiger partial charge on any atom is -0.431 e. The number of hydrogen-bond donors (Lipinski definition) is 2. The van der Waals surface area contributed by atoms with E-state index in [4.69, 9.17) is 14.6 Å². The van der Waals surface area contributed by atoms with Crippen molar-refractivity contribution in [3.8, 4) is 0 Å². The lowest BCUT2D eigenvalue weighted by molar-refractivity contribution is -0.217. The summed E-state index contributed by atoms with van der Waals surface area (Å²) in [5.41, 5.74) is -1.57. The summed E-state index contributed by atoms with van der Waals surface area (Å²) in [6.45, 7) is 2.63. The van der Waals surface area contributed by atoms with Crippen molar-refractivity contribution in [1.82, 2.24) is 0 Å². The number of carbonyl (C=O) groups excluding carboxylic acids is 1. The van der Waals surface area contributed by atoms with Gasteiger partial charge in [-0.05, 0) is 13.8 Å². The van der Waals surface area contributed by atoms with Gasteiger partial charge in [-0.25, -0.2) is 4.79 Å². The second kappa shape index (κ2) is 2.66. The van der Waals surface area contributed by atoms with Gasteiger partial charge in [0.1, 0.15) is 0 Å². The van der Waals surface area contributed by atoms with E-state index in [1.807, 2.05) is 0 Å². The molecular formula is C8H12O6. The fourth-order valence-corrected chi connectivity index (χ4v) is 1.83. The van der Waals surface area contributed by atoms with E-state index in [0.717, 1.165) is 0 Å². The Bertz CT molecular complexity index is 275. The molecule has 2 aliphatic rings. The smallest absolute Gasteiger partial charge is 0.346 e. The molecule has 0 aromatic carbocycles. The molecule has 2 saturated heterocycles. The Balaban J connectivity index is 2.36. The predicted octanol–water partition coefficient (Wildman–Crippen LogP) is -1.26. The average molecular weight is 204 g/mol. The predicted molar refractivity (Wildman–Crippen MR) is 42.0 cm³/mol. The topological polar surface area (TPSA) is 85.2 Å². The molecule has 0 amide bonds. The van der Waals surface area contributed by atoms with Gasteiger partial charge < -0.3 is 24.4 Å². The van der Waals surface area contributed by atoms with Crippen molar-refractivity contribution in [3.05, 3.63) is 0 Å². The van der Waals surface area contributed by atoms with Gasteiger partial charge >= 0.3 is 5.97 Å². The summed E-state index contributed by atoms with van der Waals surface area (Å²) >= 11 is 0. The summed E-state index contributed by atoms with van der Waals surface area (Å²) in [4.78, 5) is 11.4. The lowest BCUT2D eigenvalue weighted by atomic mass is 10.0. The lowest BCUT2D eigenvalue weighted by Crippen LogP contribution is -2.47. The van der Waals surface area contributed by atoms with Gasteiger partial charge in [0.15, 0.2) is 11.9 Å². The second-order valence-corrected chi connectivity index (χ2v) is 3.88. The molecule has 0 aromatic heterocycles. The van der Waals surface area contributed by atoms with E-state index in [1.54, 1.807) is 13.8 Å². The fraction of sp³-hybridized carbons (Fsp3) is 0.875. The van der Waals surface area contributed by atoms with E-state index in [0.29, 0.717) is 0 Å². The first kappa shape index (κ1) is 9.85. The van der Waals surface area contributed by atoms with Gasteiger partial charge in [0, 0.05) is 0 Å². The zero-order valence-electron chi connectivity index (χ0n) is 7.89. The highest BCUT2D eigenvalue weighted by molar-refractivity contribution is 5.83. The second-order valence-electron chi connectivity index (χ2n) is 3.88. The molecule has 0 radical (unpaired) electrons. The SMILES string of the molecule is CC1(C)O[C@@H]2C(O)OC(=O)[C@]2(CO)O1. The highest BCUT2D eigenvalue weighted by atomic mass is 16.8. The van der Waals surface area contributed by atoms with Crippen LogP contribution in [0.5, 0.6) is 0 Å². The van der Waals surface area contributed by atoms with Crippen molar-refractivity contribution in [2.45, 2.75) is 37.6 Å². The van der Waals surface area contributed by atoms with E-state index in [1.165, 1.54) is 0 Å². The molecule has 14 heavy (non-hydrogen) atoms. The Morgan fingerprint density at radius 1 is 1.50 bits per heavy atom. The third-order valence-corrected chi connectivity index (χ3v) is 2.37. The zero-order chi connectivity index (χ0) is 10.6. The molecule has 0 spiro atoms. The number of ether oxygens (including phenoxy) is 3. The Kier molecular flexibility index (Phi) is 1.87. The molecule has 1 unspecified atom stereocenters. The molecule has 0 bridgehead atoms. The minimum atomic E-state index is -1.57. The Labute approximate surface area is 80.4 Å². The Morgan fingerprint density at radius 3 is 2.64 bits per heavy atom. The lowest BCUT2D eigenvalue weighted by Gasteiger charge is -2.22. The molecular weight excluding hydrogens is 192 g/mol. The van der Waals surface area contributed by atoms with Gasteiger partial charge in [0.2, 0.25) is 11.9 Å². The molecule has 2 fully saturated rings. The van der Waals surface area contributed by atoms with Crippen molar-refractivity contribution >= 4 is 5.97 Å². The van der Waals surface area contributed by atoms with Crippen molar-refractivity contribution in [3.63, 3.8) is 0 Å². The Morgan fingerprint density at radius 2 is 2.14 bits per heavy atom. The van der Waals surface area contributed by atoms with Crippen LogP contribution in [-0.4, -0.2) is 46.6 Å². The van der Waals surface area contributed by atoms with Crippen LogP contribution in [0.15, 0.2) is 0 Å². The number of cyclic esters (lactones) is 1. The van der Waals surface area contributed by atoms with Crippen LogP contribution in [0.3, 0.4) is 0 Å². The van der Waals surface area contributed by atoms with Crippen molar-refractivity contribution in [2.75, 3.05) is 6.61 Å². The van der Waals surface area contributed by atoms with Crippen LogP contribution in [0, 0.1) is 0 Å². The molecule has 0 aromatic rings. The fourth-order valence-electron chi connectivity index (χ4n) is 1.83. The first-order chi connectivity index (χ1) is 6.41. The van der Waals surface area contributed by atoms with E-state index in [9.17, 15) is 9.90 Å². The van der Waals surface area contributed by atoms with Crippen LogP contribution in [-0.2, 0) is 19.0 Å². The van der Waals surface area contributed by atoms with E-state index < -0.39 is 36.4 Å². The summed E-state index contributed by atoms with van der Waals surface area (Å²) in [7, 11) is 0.